The van der Waals surface area contributed by atoms with Gasteiger partial charge in [0.15, 0.2) is 5.78 Å². The van der Waals surface area contributed by atoms with Crippen molar-refractivity contribution in [2.45, 2.75) is 18.9 Å². The molecular formula is C19H19BrN2O2. The van der Waals surface area contributed by atoms with Crippen molar-refractivity contribution in [3.05, 3.63) is 69.7 Å². The van der Waals surface area contributed by atoms with E-state index < -0.39 is 0 Å². The van der Waals surface area contributed by atoms with Crippen molar-refractivity contribution in [2.75, 3.05) is 13.1 Å². The maximum Gasteiger partial charge on any atom is 0.252 e. The van der Waals surface area contributed by atoms with Crippen LogP contribution in [0.1, 0.15) is 39.1 Å². The molecule has 3 rings (SSSR count). The van der Waals surface area contributed by atoms with Crippen LogP contribution in [0.3, 0.4) is 0 Å². The molecule has 0 bridgehead atoms. The van der Waals surface area contributed by atoms with Crippen LogP contribution in [-0.2, 0) is 0 Å². The van der Waals surface area contributed by atoms with Gasteiger partial charge in [0.2, 0.25) is 0 Å². The van der Waals surface area contributed by atoms with Gasteiger partial charge >= 0.3 is 0 Å². The number of carbonyl (C=O) groups excluding carboxylic acids is 2. The summed E-state index contributed by atoms with van der Waals surface area (Å²) in [5.74, 6) is -0.318. The van der Waals surface area contributed by atoms with Crippen LogP contribution >= 0.6 is 15.9 Å². The summed E-state index contributed by atoms with van der Waals surface area (Å²) in [6.45, 7) is 1.81. The van der Waals surface area contributed by atoms with Crippen LogP contribution in [0.25, 0.3) is 0 Å². The highest BCUT2D eigenvalue weighted by Crippen LogP contribution is 2.18. The summed E-state index contributed by atoms with van der Waals surface area (Å²) in [5, 5.41) is 6.33. The van der Waals surface area contributed by atoms with Crippen LogP contribution in [0, 0.1) is 0 Å². The lowest BCUT2D eigenvalue weighted by Crippen LogP contribution is -2.43. The number of halogens is 1. The van der Waals surface area contributed by atoms with Crippen LogP contribution in [0.5, 0.6) is 0 Å². The minimum absolute atomic E-state index is 0.140. The molecule has 1 aliphatic rings. The Morgan fingerprint density at radius 1 is 0.958 bits per heavy atom. The largest absolute Gasteiger partial charge is 0.349 e. The van der Waals surface area contributed by atoms with Crippen LogP contribution in [0.15, 0.2) is 53.0 Å². The predicted molar refractivity (Wildman–Crippen MR) is 97.4 cm³/mol. The SMILES string of the molecule is O=C(NC1CCNCC1)c1ccccc1C(=O)c1ccc(Br)cc1. The fraction of sp³-hybridized carbons (Fsp3) is 0.263. The number of ketones is 1. The molecule has 0 atom stereocenters. The van der Waals surface area contributed by atoms with E-state index in [1.165, 1.54) is 0 Å². The lowest BCUT2D eigenvalue weighted by atomic mass is 9.97. The van der Waals surface area contributed by atoms with Crippen LogP contribution < -0.4 is 10.6 Å². The van der Waals surface area contributed by atoms with Crippen molar-refractivity contribution in [3.8, 4) is 0 Å². The molecule has 0 saturated carbocycles. The second-order valence-corrected chi connectivity index (χ2v) is 6.80. The summed E-state index contributed by atoms with van der Waals surface area (Å²) in [4.78, 5) is 25.4. The average molecular weight is 387 g/mol. The molecule has 2 N–H and O–H groups in total. The third kappa shape index (κ3) is 3.91. The van der Waals surface area contributed by atoms with Crippen LogP contribution in [0.2, 0.25) is 0 Å². The zero-order chi connectivity index (χ0) is 16.9. The number of hydrogen-bond acceptors (Lipinski definition) is 3. The first-order valence-corrected chi connectivity index (χ1v) is 8.85. The minimum Gasteiger partial charge on any atom is -0.349 e. The molecule has 0 aromatic heterocycles. The Bertz CT molecular complexity index is 737. The summed E-state index contributed by atoms with van der Waals surface area (Å²) >= 11 is 3.36. The smallest absolute Gasteiger partial charge is 0.252 e. The highest BCUT2D eigenvalue weighted by molar-refractivity contribution is 9.10. The van der Waals surface area contributed by atoms with Gasteiger partial charge in [-0.15, -0.1) is 0 Å². The minimum atomic E-state index is -0.178. The van der Waals surface area contributed by atoms with Crippen molar-refractivity contribution in [1.29, 1.82) is 0 Å². The van der Waals surface area contributed by atoms with E-state index in [0.29, 0.717) is 16.7 Å². The van der Waals surface area contributed by atoms with Gasteiger partial charge < -0.3 is 10.6 Å². The number of amides is 1. The Kier molecular flexibility index (Phi) is 5.43. The van der Waals surface area contributed by atoms with Gasteiger partial charge in [0.1, 0.15) is 0 Å². The van der Waals surface area contributed by atoms with E-state index in [9.17, 15) is 9.59 Å². The monoisotopic (exact) mass is 386 g/mol. The summed E-state index contributed by atoms with van der Waals surface area (Å²) in [6.07, 6.45) is 1.82. The Morgan fingerprint density at radius 3 is 2.25 bits per heavy atom. The molecule has 0 spiro atoms. The maximum absolute atomic E-state index is 12.8. The molecule has 0 aliphatic carbocycles. The van der Waals surface area contributed by atoms with E-state index in [-0.39, 0.29) is 17.7 Å². The first kappa shape index (κ1) is 16.9. The van der Waals surface area contributed by atoms with E-state index in [2.05, 4.69) is 26.6 Å². The van der Waals surface area contributed by atoms with Gasteiger partial charge in [-0.25, -0.2) is 0 Å². The summed E-state index contributed by atoms with van der Waals surface area (Å²) in [6, 6.07) is 14.3. The fourth-order valence-corrected chi connectivity index (χ4v) is 3.13. The van der Waals surface area contributed by atoms with Crippen molar-refractivity contribution in [3.63, 3.8) is 0 Å². The topological polar surface area (TPSA) is 58.2 Å². The molecule has 1 amide bonds. The molecule has 5 heteroatoms. The van der Waals surface area contributed by atoms with Crippen molar-refractivity contribution >= 4 is 27.6 Å². The molecule has 1 heterocycles. The predicted octanol–water partition coefficient (Wildman–Crippen LogP) is 3.16. The quantitative estimate of drug-likeness (QED) is 0.793. The number of piperidine rings is 1. The van der Waals surface area contributed by atoms with Gasteiger partial charge in [-0.2, -0.15) is 0 Å². The second-order valence-electron chi connectivity index (χ2n) is 5.88. The molecule has 4 nitrogen and oxygen atoms in total. The molecule has 124 valence electrons. The zero-order valence-corrected chi connectivity index (χ0v) is 14.8. The van der Waals surface area contributed by atoms with Crippen molar-refractivity contribution in [1.82, 2.24) is 10.6 Å². The first-order chi connectivity index (χ1) is 11.6. The van der Waals surface area contributed by atoms with Crippen LogP contribution in [-0.4, -0.2) is 30.8 Å². The normalized spacial score (nSPS) is 15.0. The van der Waals surface area contributed by atoms with Gasteiger partial charge in [-0.1, -0.05) is 34.1 Å². The average Bonchev–Trinajstić information content (AvgIpc) is 2.62. The molecule has 2 aromatic carbocycles. The first-order valence-electron chi connectivity index (χ1n) is 8.06. The molecular weight excluding hydrogens is 368 g/mol. The van der Waals surface area contributed by atoms with Gasteiger partial charge in [-0.3, -0.25) is 9.59 Å². The summed E-state index contributed by atoms with van der Waals surface area (Å²) < 4.78 is 0.913. The third-order valence-corrected chi connectivity index (χ3v) is 4.73. The Morgan fingerprint density at radius 2 is 1.58 bits per heavy atom. The van der Waals surface area contributed by atoms with Crippen molar-refractivity contribution in [2.24, 2.45) is 0 Å². The molecule has 24 heavy (non-hydrogen) atoms. The highest BCUT2D eigenvalue weighted by Gasteiger charge is 2.21. The zero-order valence-electron chi connectivity index (χ0n) is 13.2. The van der Waals surface area contributed by atoms with Gasteiger partial charge in [0.05, 0.1) is 5.56 Å². The maximum atomic E-state index is 12.8. The van der Waals surface area contributed by atoms with Gasteiger partial charge in [0.25, 0.3) is 5.91 Å². The molecule has 0 radical (unpaired) electrons. The Labute approximate surface area is 149 Å². The van der Waals surface area contributed by atoms with E-state index in [4.69, 9.17) is 0 Å². The standard InChI is InChI=1S/C19H19BrN2O2/c20-14-7-5-13(6-8-14)18(23)16-3-1-2-4-17(16)19(24)22-15-9-11-21-12-10-15/h1-8,15,21H,9-12H2,(H,22,24). The molecule has 1 aliphatic heterocycles. The van der Waals surface area contributed by atoms with E-state index >= 15 is 0 Å². The Hall–Kier alpha value is -1.98. The van der Waals surface area contributed by atoms with E-state index in [0.717, 1.165) is 30.4 Å². The van der Waals surface area contributed by atoms with Crippen molar-refractivity contribution < 1.29 is 9.59 Å². The molecule has 1 saturated heterocycles. The summed E-state index contributed by atoms with van der Waals surface area (Å²) in [7, 11) is 0. The molecule has 1 fully saturated rings. The fourth-order valence-electron chi connectivity index (χ4n) is 2.87. The van der Waals surface area contributed by atoms with Crippen LogP contribution in [0.4, 0.5) is 0 Å². The Balaban J connectivity index is 1.83. The third-order valence-electron chi connectivity index (χ3n) is 4.20. The number of carbonyl (C=O) groups is 2. The molecule has 2 aromatic rings. The van der Waals surface area contributed by atoms with E-state index in [1.807, 2.05) is 12.1 Å². The van der Waals surface area contributed by atoms with Gasteiger partial charge in [-0.05, 0) is 56.3 Å². The molecule has 0 unspecified atom stereocenters. The lowest BCUT2D eigenvalue weighted by Gasteiger charge is -2.24. The summed E-state index contributed by atoms with van der Waals surface area (Å²) in [5.41, 5.74) is 1.44. The lowest BCUT2D eigenvalue weighted by molar-refractivity contribution is 0.0920. The highest BCUT2D eigenvalue weighted by atomic mass is 79.9. The number of benzene rings is 2. The number of hydrogen-bond donors (Lipinski definition) is 2. The number of nitrogens with one attached hydrogen (secondary N) is 2. The van der Waals surface area contributed by atoms with Gasteiger partial charge in [0, 0.05) is 21.6 Å². The van der Waals surface area contributed by atoms with E-state index in [1.54, 1.807) is 36.4 Å². The number of rotatable bonds is 4. The second kappa shape index (κ2) is 7.73.